The molecule has 0 radical (unpaired) electrons. The van der Waals surface area contributed by atoms with Crippen molar-refractivity contribution in [1.29, 1.82) is 0 Å². The highest BCUT2D eigenvalue weighted by atomic mass is 16.2. The molecule has 0 saturated heterocycles. The van der Waals surface area contributed by atoms with Crippen molar-refractivity contribution in [3.05, 3.63) is 12.2 Å². The van der Waals surface area contributed by atoms with Gasteiger partial charge in [0.2, 0.25) is 5.91 Å². The van der Waals surface area contributed by atoms with Crippen LogP contribution < -0.4 is 5.73 Å². The summed E-state index contributed by atoms with van der Waals surface area (Å²) in [6.45, 7) is 4.85. The quantitative estimate of drug-likeness (QED) is 0.319. The standard InChI is InChI=1S/C4H7NO.C2H2O2/c1-3(2)4(5)6;3-1-2-4/h1H2,2H3,(H2,5,6);1-2H. The summed E-state index contributed by atoms with van der Waals surface area (Å²) >= 11 is 0. The van der Waals surface area contributed by atoms with Gasteiger partial charge >= 0.3 is 0 Å². The molecule has 10 heavy (non-hydrogen) atoms. The SMILES string of the molecule is C=C(C)C(N)=O.O=CC=O. The number of carbonyl (C=O) groups is 3. The zero-order valence-corrected chi connectivity index (χ0v) is 5.66. The molecule has 0 aromatic heterocycles. The van der Waals surface area contributed by atoms with E-state index in [0.717, 1.165) is 0 Å². The minimum absolute atomic E-state index is 0.194. The van der Waals surface area contributed by atoms with Crippen LogP contribution in [0.25, 0.3) is 0 Å². The van der Waals surface area contributed by atoms with E-state index in [0.29, 0.717) is 5.57 Å². The normalized spacial score (nSPS) is 6.50. The van der Waals surface area contributed by atoms with Gasteiger partial charge in [-0.15, -0.1) is 0 Å². The minimum atomic E-state index is -0.435. The first kappa shape index (κ1) is 11.4. The van der Waals surface area contributed by atoms with E-state index in [1.54, 1.807) is 6.92 Å². The second kappa shape index (κ2) is 7.55. The molecule has 0 saturated carbocycles. The van der Waals surface area contributed by atoms with Crippen LogP contribution in [-0.2, 0) is 14.4 Å². The highest BCUT2D eigenvalue weighted by Gasteiger charge is 1.86. The average Bonchev–Trinajstić information content (AvgIpc) is 1.89. The maximum Gasteiger partial charge on any atom is 0.243 e. The summed E-state index contributed by atoms with van der Waals surface area (Å²) < 4.78 is 0. The number of hydrogen-bond donors (Lipinski definition) is 1. The third-order valence-electron chi connectivity index (χ3n) is 0.476. The Bertz CT molecular complexity index is 133. The van der Waals surface area contributed by atoms with Crippen molar-refractivity contribution in [2.24, 2.45) is 5.73 Å². The molecule has 0 aliphatic carbocycles. The van der Waals surface area contributed by atoms with Crippen LogP contribution in [0, 0.1) is 0 Å². The van der Waals surface area contributed by atoms with Gasteiger partial charge in [0.25, 0.3) is 0 Å². The van der Waals surface area contributed by atoms with E-state index >= 15 is 0 Å². The molecule has 2 N–H and O–H groups in total. The van der Waals surface area contributed by atoms with Crippen LogP contribution in [0.3, 0.4) is 0 Å². The van der Waals surface area contributed by atoms with Gasteiger partial charge < -0.3 is 5.73 Å². The fraction of sp³-hybridized carbons (Fsp3) is 0.167. The van der Waals surface area contributed by atoms with Crippen molar-refractivity contribution in [2.75, 3.05) is 0 Å². The Morgan fingerprint density at radius 2 is 1.60 bits per heavy atom. The van der Waals surface area contributed by atoms with Gasteiger partial charge in [-0.05, 0) is 6.92 Å². The zero-order chi connectivity index (χ0) is 8.57. The van der Waals surface area contributed by atoms with Gasteiger partial charge in [0.05, 0.1) is 0 Å². The number of carbonyl (C=O) groups excluding carboxylic acids is 3. The fourth-order valence-corrected chi connectivity index (χ4v) is 0. The largest absolute Gasteiger partial charge is 0.366 e. The summed E-state index contributed by atoms with van der Waals surface area (Å²) in [6, 6.07) is 0. The molecule has 0 rings (SSSR count). The van der Waals surface area contributed by atoms with Crippen molar-refractivity contribution < 1.29 is 14.4 Å². The van der Waals surface area contributed by atoms with E-state index in [2.05, 4.69) is 6.58 Å². The van der Waals surface area contributed by atoms with E-state index < -0.39 is 5.91 Å². The molecule has 0 aromatic rings. The van der Waals surface area contributed by atoms with Crippen LogP contribution in [0.15, 0.2) is 12.2 Å². The number of rotatable bonds is 2. The molecular weight excluding hydrogens is 134 g/mol. The second-order valence-electron chi connectivity index (χ2n) is 1.42. The van der Waals surface area contributed by atoms with Gasteiger partial charge in [-0.3, -0.25) is 14.4 Å². The second-order valence-corrected chi connectivity index (χ2v) is 1.42. The lowest BCUT2D eigenvalue weighted by Gasteiger charge is -1.81. The molecule has 0 spiro atoms. The molecule has 0 aromatic carbocycles. The Hall–Kier alpha value is -1.45. The Balaban J connectivity index is 0. The maximum atomic E-state index is 9.82. The lowest BCUT2D eigenvalue weighted by atomic mass is 10.3. The van der Waals surface area contributed by atoms with Gasteiger partial charge in [-0.1, -0.05) is 6.58 Å². The van der Waals surface area contributed by atoms with Crippen LogP contribution in [0.2, 0.25) is 0 Å². The first-order valence-corrected chi connectivity index (χ1v) is 2.40. The third kappa shape index (κ3) is 16.0. The number of hydrogen-bond acceptors (Lipinski definition) is 3. The number of primary amides is 1. The molecule has 0 bridgehead atoms. The lowest BCUT2D eigenvalue weighted by Crippen LogP contribution is -2.10. The maximum absolute atomic E-state index is 9.82. The summed E-state index contributed by atoms with van der Waals surface area (Å²) in [6.07, 6.45) is 0.389. The molecule has 4 heteroatoms. The topological polar surface area (TPSA) is 77.2 Å². The monoisotopic (exact) mass is 143 g/mol. The highest BCUT2D eigenvalue weighted by molar-refractivity contribution is 6.09. The molecule has 0 aliphatic heterocycles. The molecule has 4 nitrogen and oxygen atoms in total. The summed E-state index contributed by atoms with van der Waals surface area (Å²) in [5.74, 6) is -0.435. The van der Waals surface area contributed by atoms with E-state index in [-0.39, 0.29) is 12.6 Å². The van der Waals surface area contributed by atoms with Crippen LogP contribution in [0.5, 0.6) is 0 Å². The van der Waals surface area contributed by atoms with Crippen molar-refractivity contribution in [3.8, 4) is 0 Å². The predicted octanol–water partition coefficient (Wildman–Crippen LogP) is -0.568. The first-order chi connectivity index (χ1) is 4.56. The Morgan fingerprint density at radius 3 is 1.60 bits per heavy atom. The number of aldehydes is 2. The van der Waals surface area contributed by atoms with Gasteiger partial charge in [0.1, 0.15) is 0 Å². The smallest absolute Gasteiger partial charge is 0.243 e. The van der Waals surface area contributed by atoms with Crippen molar-refractivity contribution >= 4 is 18.5 Å². The molecule has 0 heterocycles. The predicted molar refractivity (Wildman–Crippen MR) is 36.1 cm³/mol. The average molecular weight is 143 g/mol. The van der Waals surface area contributed by atoms with E-state index in [4.69, 9.17) is 15.3 Å². The zero-order valence-electron chi connectivity index (χ0n) is 5.66. The van der Waals surface area contributed by atoms with E-state index in [1.165, 1.54) is 0 Å². The van der Waals surface area contributed by atoms with Crippen molar-refractivity contribution in [3.63, 3.8) is 0 Å². The Morgan fingerprint density at radius 1 is 1.40 bits per heavy atom. The minimum Gasteiger partial charge on any atom is -0.366 e. The van der Waals surface area contributed by atoms with Crippen LogP contribution in [0.1, 0.15) is 6.92 Å². The fourth-order valence-electron chi connectivity index (χ4n) is 0. The van der Waals surface area contributed by atoms with Gasteiger partial charge in [0.15, 0.2) is 12.6 Å². The summed E-state index contributed by atoms with van der Waals surface area (Å²) in [5.41, 5.74) is 5.09. The molecule has 0 fully saturated rings. The van der Waals surface area contributed by atoms with Gasteiger partial charge in [0, 0.05) is 5.57 Å². The van der Waals surface area contributed by atoms with Crippen molar-refractivity contribution in [2.45, 2.75) is 6.92 Å². The van der Waals surface area contributed by atoms with Crippen LogP contribution in [-0.4, -0.2) is 18.5 Å². The number of amides is 1. The van der Waals surface area contributed by atoms with Gasteiger partial charge in [-0.2, -0.15) is 0 Å². The molecule has 1 amide bonds. The molecule has 0 atom stereocenters. The van der Waals surface area contributed by atoms with E-state index in [9.17, 15) is 4.79 Å². The third-order valence-corrected chi connectivity index (χ3v) is 0.476. The summed E-state index contributed by atoms with van der Waals surface area (Å²) in [5, 5.41) is 0. The Labute approximate surface area is 58.7 Å². The van der Waals surface area contributed by atoms with Crippen LogP contribution in [0.4, 0.5) is 0 Å². The molecule has 0 unspecified atom stereocenters. The molecular formula is C6H9NO3. The molecule has 0 aliphatic rings. The first-order valence-electron chi connectivity index (χ1n) is 2.40. The van der Waals surface area contributed by atoms with Crippen LogP contribution >= 0.6 is 0 Å². The van der Waals surface area contributed by atoms with E-state index in [1.807, 2.05) is 0 Å². The van der Waals surface area contributed by atoms with Gasteiger partial charge in [-0.25, -0.2) is 0 Å². The molecule has 56 valence electrons. The highest BCUT2D eigenvalue weighted by Crippen LogP contribution is 1.78. The number of nitrogens with two attached hydrogens (primary N) is 1. The summed E-state index contributed by atoms with van der Waals surface area (Å²) in [7, 11) is 0. The summed E-state index contributed by atoms with van der Waals surface area (Å²) in [4.78, 5) is 27.4. The Kier molecular flexibility index (Phi) is 8.58. The van der Waals surface area contributed by atoms with Crippen molar-refractivity contribution in [1.82, 2.24) is 0 Å². The lowest BCUT2D eigenvalue weighted by molar-refractivity contribution is -0.122.